The van der Waals surface area contributed by atoms with Crippen LogP contribution in [0.15, 0.2) is 29.2 Å². The second kappa shape index (κ2) is 6.10. The molecule has 6 heteroatoms. The van der Waals surface area contributed by atoms with Gasteiger partial charge in [-0.3, -0.25) is 4.79 Å². The maximum Gasteiger partial charge on any atom is 0.241 e. The Bertz CT molecular complexity index is 598. The van der Waals surface area contributed by atoms with E-state index in [-0.39, 0.29) is 22.8 Å². The Morgan fingerprint density at radius 1 is 1.23 bits per heavy atom. The average Bonchev–Trinajstić information content (AvgIpc) is 2.55. The second-order valence-corrected chi connectivity index (χ2v) is 8.60. The molecular weight excluding hydrogens is 300 g/mol. The topological polar surface area (TPSA) is 63.7 Å². The van der Waals surface area contributed by atoms with Crippen molar-refractivity contribution in [3.05, 3.63) is 29.8 Å². The van der Waals surface area contributed by atoms with Crippen molar-refractivity contribution >= 4 is 16.3 Å². The minimum atomic E-state index is -3.65. The van der Waals surface area contributed by atoms with E-state index < -0.39 is 10.4 Å². The molecule has 0 aromatic heterocycles. The number of amides is 1. The van der Waals surface area contributed by atoms with Crippen LogP contribution in [0, 0.1) is 12.3 Å². The van der Waals surface area contributed by atoms with Crippen LogP contribution in [0.1, 0.15) is 26.3 Å². The maximum atomic E-state index is 12.8. The van der Waals surface area contributed by atoms with Crippen LogP contribution in [0.3, 0.4) is 0 Å². The number of carbonyl (C=O) groups excluding carboxylic acids is 1. The quantitative estimate of drug-likeness (QED) is 0.800. The molecule has 5 nitrogen and oxygen atoms in total. The van der Waals surface area contributed by atoms with Crippen LogP contribution in [0.5, 0.6) is 0 Å². The number of sulfonamides is 1. The summed E-state index contributed by atoms with van der Waals surface area (Å²) in [5, 5.41) is 0. The highest BCUT2D eigenvalue weighted by molar-refractivity contribution is 7.95. The van der Waals surface area contributed by atoms with E-state index in [1.54, 1.807) is 29.2 Å². The highest BCUT2D eigenvalue weighted by Crippen LogP contribution is 2.29. The van der Waals surface area contributed by atoms with Crippen LogP contribution in [-0.2, 0) is 19.4 Å². The molecular formula is C16H24N2O3S. The summed E-state index contributed by atoms with van der Waals surface area (Å²) in [6.45, 7) is 9.23. The molecule has 0 spiro atoms. The summed E-state index contributed by atoms with van der Waals surface area (Å²) < 4.78 is 27.0. The predicted octanol–water partition coefficient (Wildman–Crippen LogP) is 2.09. The van der Waals surface area contributed by atoms with Gasteiger partial charge < -0.3 is 9.45 Å². The molecule has 0 bridgehead atoms. The molecule has 1 atom stereocenters. The van der Waals surface area contributed by atoms with Gasteiger partial charge in [-0.1, -0.05) is 35.8 Å². The van der Waals surface area contributed by atoms with Gasteiger partial charge in [0, 0.05) is 13.1 Å². The third-order valence-corrected chi connectivity index (χ3v) is 5.73. The zero-order valence-electron chi connectivity index (χ0n) is 13.7. The van der Waals surface area contributed by atoms with Gasteiger partial charge >= 0.3 is 0 Å². The van der Waals surface area contributed by atoms with Crippen molar-refractivity contribution in [1.29, 1.82) is 0 Å². The van der Waals surface area contributed by atoms with E-state index in [4.69, 9.17) is 0 Å². The van der Waals surface area contributed by atoms with Crippen molar-refractivity contribution in [2.75, 3.05) is 26.2 Å². The van der Waals surface area contributed by atoms with Gasteiger partial charge in [-0.2, -0.15) is 0 Å². The Morgan fingerprint density at radius 2 is 1.82 bits per heavy atom. The highest BCUT2D eigenvalue weighted by atomic mass is 32.3. The fraction of sp³-hybridized carbons (Fsp3) is 0.562. The van der Waals surface area contributed by atoms with Crippen molar-refractivity contribution in [3.63, 3.8) is 0 Å². The molecule has 2 rings (SSSR count). The Hall–Kier alpha value is -1.24. The molecule has 1 aliphatic rings. The van der Waals surface area contributed by atoms with Crippen molar-refractivity contribution in [1.82, 2.24) is 9.21 Å². The molecule has 1 aliphatic heterocycles. The highest BCUT2D eigenvalue weighted by Gasteiger charge is 2.41. The fourth-order valence-corrected chi connectivity index (χ4v) is 4.33. The van der Waals surface area contributed by atoms with Crippen LogP contribution in [-0.4, -0.2) is 45.8 Å². The third kappa shape index (κ3) is 3.56. The molecule has 1 saturated heterocycles. The number of aryl methyl sites for hydroxylation is 1. The fourth-order valence-electron chi connectivity index (χ4n) is 2.76. The maximum absolute atomic E-state index is 12.8. The van der Waals surface area contributed by atoms with Crippen molar-refractivity contribution in [3.8, 4) is 0 Å². The first kappa shape index (κ1) is 17.1. The molecule has 1 fully saturated rings. The summed E-state index contributed by atoms with van der Waals surface area (Å²) in [6.07, 6.45) is 0. The summed E-state index contributed by atoms with van der Waals surface area (Å²) in [5.74, 6) is -0.135. The van der Waals surface area contributed by atoms with Crippen LogP contribution < -0.4 is 0 Å². The van der Waals surface area contributed by atoms with Gasteiger partial charge in [0.05, 0.1) is 6.54 Å². The van der Waals surface area contributed by atoms with Gasteiger partial charge in [-0.15, -0.1) is 4.31 Å². The Morgan fingerprint density at radius 3 is 2.36 bits per heavy atom. The van der Waals surface area contributed by atoms with E-state index in [9.17, 15) is 13.6 Å². The van der Waals surface area contributed by atoms with Gasteiger partial charge in [-0.05, 0) is 31.4 Å². The van der Waals surface area contributed by atoms with E-state index in [0.29, 0.717) is 19.6 Å². The molecule has 0 radical (unpaired) electrons. The van der Waals surface area contributed by atoms with Gasteiger partial charge in [-0.25, -0.2) is 0 Å². The minimum Gasteiger partial charge on any atom is -0.593 e. The van der Waals surface area contributed by atoms with E-state index >= 15 is 0 Å². The SMILES string of the molecule is CCN1CC(C)(C)CN([S+](=O)([O-])c2ccc(C)cc2)CC1=O. The van der Waals surface area contributed by atoms with E-state index in [1.165, 1.54) is 4.31 Å². The van der Waals surface area contributed by atoms with E-state index in [1.807, 2.05) is 27.7 Å². The van der Waals surface area contributed by atoms with E-state index in [0.717, 1.165) is 5.56 Å². The summed E-state index contributed by atoms with van der Waals surface area (Å²) in [6, 6.07) is 6.75. The van der Waals surface area contributed by atoms with Gasteiger partial charge in [0.1, 0.15) is 6.54 Å². The van der Waals surface area contributed by atoms with E-state index in [2.05, 4.69) is 0 Å². The summed E-state index contributed by atoms with van der Waals surface area (Å²) in [5.41, 5.74) is 0.725. The Kier molecular flexibility index (Phi) is 4.75. The molecule has 0 N–H and O–H groups in total. The lowest BCUT2D eigenvalue weighted by Gasteiger charge is -2.31. The lowest BCUT2D eigenvalue weighted by Crippen LogP contribution is -2.43. The molecule has 1 aromatic rings. The van der Waals surface area contributed by atoms with Crippen molar-refractivity contribution in [2.24, 2.45) is 5.41 Å². The molecule has 22 heavy (non-hydrogen) atoms. The Balaban J connectivity index is 2.35. The summed E-state index contributed by atoms with van der Waals surface area (Å²) in [7, 11) is -3.65. The van der Waals surface area contributed by atoms with Crippen molar-refractivity contribution in [2.45, 2.75) is 32.6 Å². The molecule has 1 unspecified atom stereocenters. The minimum absolute atomic E-state index is 0.0898. The predicted molar refractivity (Wildman–Crippen MR) is 85.9 cm³/mol. The molecule has 1 amide bonds. The molecule has 1 heterocycles. The summed E-state index contributed by atoms with van der Waals surface area (Å²) >= 11 is 0. The van der Waals surface area contributed by atoms with Crippen molar-refractivity contribution < 1.29 is 13.6 Å². The van der Waals surface area contributed by atoms with Gasteiger partial charge in [0.2, 0.25) is 5.91 Å². The zero-order valence-corrected chi connectivity index (χ0v) is 14.5. The zero-order chi connectivity index (χ0) is 16.5. The van der Waals surface area contributed by atoms with Gasteiger partial charge in [0.15, 0.2) is 15.3 Å². The number of benzene rings is 1. The lowest BCUT2D eigenvalue weighted by atomic mass is 9.93. The third-order valence-electron chi connectivity index (χ3n) is 3.93. The monoisotopic (exact) mass is 324 g/mol. The number of carbonyl (C=O) groups is 1. The molecule has 1 aromatic carbocycles. The Labute approximate surface area is 133 Å². The first-order valence-corrected chi connectivity index (χ1v) is 8.94. The largest absolute Gasteiger partial charge is 0.593 e. The van der Waals surface area contributed by atoms with Crippen LogP contribution in [0.4, 0.5) is 0 Å². The average molecular weight is 324 g/mol. The lowest BCUT2D eigenvalue weighted by molar-refractivity contribution is -0.130. The first-order valence-electron chi connectivity index (χ1n) is 7.50. The van der Waals surface area contributed by atoms with Gasteiger partial charge in [0.25, 0.3) is 0 Å². The van der Waals surface area contributed by atoms with Crippen LogP contribution in [0.2, 0.25) is 0 Å². The smallest absolute Gasteiger partial charge is 0.241 e. The number of hydrogen-bond acceptors (Lipinski definition) is 3. The standard InChI is InChI=1S/C16H24N2O3S/c1-5-17-11-16(3,4)12-18(10-15(17)19)22(20,21)14-8-6-13(2)7-9-14/h6-9H,5,10-12H2,1-4H3. The normalized spacial score (nSPS) is 22.2. The molecule has 0 aliphatic carbocycles. The van der Waals surface area contributed by atoms with Crippen LogP contribution in [0.25, 0.3) is 0 Å². The summed E-state index contributed by atoms with van der Waals surface area (Å²) in [4.78, 5) is 14.3. The molecule has 122 valence electrons. The second-order valence-electron chi connectivity index (χ2n) is 6.66. The number of rotatable bonds is 3. The molecule has 0 saturated carbocycles. The van der Waals surface area contributed by atoms with Crippen LogP contribution >= 0.6 is 0 Å². The first-order chi connectivity index (χ1) is 10.2. The number of likely N-dealkylation sites (N-methyl/N-ethyl adjacent to an activating group) is 1. The number of hydrogen-bond donors (Lipinski definition) is 0. The number of nitrogens with zero attached hydrogens (tertiary/aromatic N) is 2.